The van der Waals surface area contributed by atoms with Crippen LogP contribution in [0, 0.1) is 5.92 Å². The molecule has 0 aliphatic carbocycles. The number of hydrogen-bond donors (Lipinski definition) is 0. The molecular weight excluding hydrogens is 134 g/mol. The lowest BCUT2D eigenvalue weighted by Crippen LogP contribution is -2.01. The highest BCUT2D eigenvalue weighted by Crippen LogP contribution is 2.15. The van der Waals surface area contributed by atoms with Crippen LogP contribution in [0.15, 0.2) is 0 Å². The van der Waals surface area contributed by atoms with Gasteiger partial charge in [0.1, 0.15) is 0 Å². The predicted octanol–water partition coefficient (Wildman–Crippen LogP) is 3.47. The second-order valence-corrected chi connectivity index (χ2v) is 2.87. The summed E-state index contributed by atoms with van der Waals surface area (Å²) in [6.45, 7) is 3.97. The molecule has 1 unspecified atom stereocenters. The van der Waals surface area contributed by atoms with E-state index in [4.69, 9.17) is 0 Å². The Balaban J connectivity index is 3.16. The average Bonchev–Trinajstić information content (AvgIpc) is 1.82. The number of rotatable bonds is 5. The summed E-state index contributed by atoms with van der Waals surface area (Å²) < 4.78 is 23.4. The number of alkyl halides is 2. The Kier molecular flexibility index (Phi) is 5.55. The van der Waals surface area contributed by atoms with E-state index in [9.17, 15) is 8.78 Å². The molecule has 10 heavy (non-hydrogen) atoms. The van der Waals surface area contributed by atoms with E-state index >= 15 is 0 Å². The van der Waals surface area contributed by atoms with E-state index in [0.717, 1.165) is 19.3 Å². The molecule has 0 aromatic rings. The van der Waals surface area contributed by atoms with Crippen molar-refractivity contribution in [2.75, 3.05) is 0 Å². The molecule has 0 radical (unpaired) electrons. The second-order valence-electron chi connectivity index (χ2n) is 2.87. The predicted molar refractivity (Wildman–Crippen MR) is 39.3 cm³/mol. The Bertz CT molecular complexity index is 71.7. The van der Waals surface area contributed by atoms with Crippen molar-refractivity contribution in [3.63, 3.8) is 0 Å². The van der Waals surface area contributed by atoms with Crippen LogP contribution in [0.2, 0.25) is 0 Å². The van der Waals surface area contributed by atoms with Crippen LogP contribution >= 0.6 is 0 Å². The summed E-state index contributed by atoms with van der Waals surface area (Å²) >= 11 is 0. The maximum Gasteiger partial charge on any atom is 0.238 e. The summed E-state index contributed by atoms with van der Waals surface area (Å²) in [6, 6.07) is 0. The quantitative estimate of drug-likeness (QED) is 0.563. The zero-order valence-electron chi connectivity index (χ0n) is 6.74. The third-order valence-electron chi connectivity index (χ3n) is 1.63. The molecule has 0 rings (SSSR count). The van der Waals surface area contributed by atoms with Crippen molar-refractivity contribution in [3.8, 4) is 0 Å². The van der Waals surface area contributed by atoms with Crippen LogP contribution in [-0.4, -0.2) is 6.43 Å². The molecule has 0 aliphatic rings. The summed E-state index contributed by atoms with van der Waals surface area (Å²) in [5.41, 5.74) is 0. The van der Waals surface area contributed by atoms with E-state index < -0.39 is 6.43 Å². The van der Waals surface area contributed by atoms with Crippen molar-refractivity contribution in [3.05, 3.63) is 0 Å². The van der Waals surface area contributed by atoms with E-state index in [2.05, 4.69) is 6.92 Å². The molecule has 0 fully saturated rings. The van der Waals surface area contributed by atoms with E-state index in [1.807, 2.05) is 6.92 Å². The van der Waals surface area contributed by atoms with Crippen LogP contribution in [0.4, 0.5) is 8.78 Å². The van der Waals surface area contributed by atoms with Gasteiger partial charge in [-0.15, -0.1) is 0 Å². The maximum atomic E-state index is 11.7. The Morgan fingerprint density at radius 1 is 1.30 bits per heavy atom. The lowest BCUT2D eigenvalue weighted by molar-refractivity contribution is 0.115. The van der Waals surface area contributed by atoms with E-state index in [0.29, 0.717) is 0 Å². The van der Waals surface area contributed by atoms with Crippen LogP contribution in [-0.2, 0) is 0 Å². The van der Waals surface area contributed by atoms with Crippen molar-refractivity contribution < 1.29 is 8.78 Å². The highest BCUT2D eigenvalue weighted by atomic mass is 19.3. The highest BCUT2D eigenvalue weighted by Gasteiger charge is 2.08. The molecule has 0 aromatic heterocycles. The minimum atomic E-state index is -2.12. The Labute approximate surface area is 61.6 Å². The van der Waals surface area contributed by atoms with Gasteiger partial charge in [-0.3, -0.25) is 0 Å². The van der Waals surface area contributed by atoms with E-state index in [1.165, 1.54) is 0 Å². The van der Waals surface area contributed by atoms with Crippen molar-refractivity contribution in [2.24, 2.45) is 5.92 Å². The molecule has 0 N–H and O–H groups in total. The molecule has 1 atom stereocenters. The third kappa shape index (κ3) is 5.99. The van der Waals surface area contributed by atoms with Crippen molar-refractivity contribution in [1.29, 1.82) is 0 Å². The molecule has 0 aromatic carbocycles. The SMILES string of the molecule is CCCCC(C)CC(F)F. The Morgan fingerprint density at radius 2 is 1.90 bits per heavy atom. The van der Waals surface area contributed by atoms with E-state index in [1.54, 1.807) is 0 Å². The zero-order valence-corrected chi connectivity index (χ0v) is 6.74. The van der Waals surface area contributed by atoms with Gasteiger partial charge in [0.2, 0.25) is 6.43 Å². The van der Waals surface area contributed by atoms with Gasteiger partial charge in [0, 0.05) is 6.42 Å². The first-order valence-corrected chi connectivity index (χ1v) is 3.95. The first kappa shape index (κ1) is 9.86. The van der Waals surface area contributed by atoms with Crippen molar-refractivity contribution in [2.45, 2.75) is 46.0 Å². The standard InChI is InChI=1S/C8H16F2/c1-3-4-5-7(2)6-8(9)10/h7-8H,3-6H2,1-2H3. The minimum Gasteiger partial charge on any atom is -0.211 e. The Morgan fingerprint density at radius 3 is 2.30 bits per heavy atom. The van der Waals surface area contributed by atoms with E-state index in [-0.39, 0.29) is 12.3 Å². The van der Waals surface area contributed by atoms with Gasteiger partial charge >= 0.3 is 0 Å². The molecule has 0 saturated heterocycles. The van der Waals surface area contributed by atoms with Crippen LogP contribution in [0.1, 0.15) is 39.5 Å². The number of halogens is 2. The molecule has 0 spiro atoms. The topological polar surface area (TPSA) is 0 Å². The fourth-order valence-corrected chi connectivity index (χ4v) is 0.975. The summed E-state index contributed by atoms with van der Waals surface area (Å²) in [5.74, 6) is 0.194. The molecule has 0 aliphatic heterocycles. The van der Waals surface area contributed by atoms with Gasteiger partial charge < -0.3 is 0 Å². The largest absolute Gasteiger partial charge is 0.238 e. The number of unbranched alkanes of at least 4 members (excludes halogenated alkanes) is 1. The maximum absolute atomic E-state index is 11.7. The molecule has 0 amide bonds. The zero-order chi connectivity index (χ0) is 7.98. The lowest BCUT2D eigenvalue weighted by Gasteiger charge is -2.08. The van der Waals surface area contributed by atoms with Gasteiger partial charge in [0.05, 0.1) is 0 Å². The molecule has 2 heteroatoms. The van der Waals surface area contributed by atoms with Gasteiger partial charge in [0.15, 0.2) is 0 Å². The van der Waals surface area contributed by atoms with Crippen LogP contribution in [0.5, 0.6) is 0 Å². The Hall–Kier alpha value is -0.140. The first-order chi connectivity index (χ1) is 4.66. The number of hydrogen-bond acceptors (Lipinski definition) is 0. The van der Waals surface area contributed by atoms with Gasteiger partial charge in [-0.25, -0.2) is 8.78 Å². The van der Waals surface area contributed by atoms with Crippen LogP contribution in [0.3, 0.4) is 0 Å². The summed E-state index contributed by atoms with van der Waals surface area (Å²) in [7, 11) is 0. The van der Waals surface area contributed by atoms with Gasteiger partial charge in [-0.1, -0.05) is 33.1 Å². The first-order valence-electron chi connectivity index (χ1n) is 3.95. The summed E-state index contributed by atoms with van der Waals surface area (Å²) in [5, 5.41) is 0. The molecule has 62 valence electrons. The molecule has 0 heterocycles. The van der Waals surface area contributed by atoms with Crippen LogP contribution < -0.4 is 0 Å². The molecular formula is C8H16F2. The van der Waals surface area contributed by atoms with Gasteiger partial charge in [0.25, 0.3) is 0 Å². The molecule has 0 bridgehead atoms. The van der Waals surface area contributed by atoms with Gasteiger partial charge in [-0.2, -0.15) is 0 Å². The fourth-order valence-electron chi connectivity index (χ4n) is 0.975. The van der Waals surface area contributed by atoms with Crippen molar-refractivity contribution >= 4 is 0 Å². The highest BCUT2D eigenvalue weighted by molar-refractivity contribution is 4.53. The summed E-state index contributed by atoms with van der Waals surface area (Å²) in [4.78, 5) is 0. The monoisotopic (exact) mass is 150 g/mol. The smallest absolute Gasteiger partial charge is 0.211 e. The van der Waals surface area contributed by atoms with Crippen molar-refractivity contribution in [1.82, 2.24) is 0 Å². The average molecular weight is 150 g/mol. The molecule has 0 saturated carbocycles. The third-order valence-corrected chi connectivity index (χ3v) is 1.63. The fraction of sp³-hybridized carbons (Fsp3) is 1.00. The minimum absolute atomic E-state index is 0.0694. The molecule has 0 nitrogen and oxygen atoms in total. The normalized spacial score (nSPS) is 14.1. The lowest BCUT2D eigenvalue weighted by atomic mass is 10.0. The van der Waals surface area contributed by atoms with Crippen LogP contribution in [0.25, 0.3) is 0 Å². The second kappa shape index (κ2) is 5.63. The summed E-state index contributed by atoms with van der Waals surface area (Å²) in [6.07, 6.45) is 1.08. The van der Waals surface area contributed by atoms with Gasteiger partial charge in [-0.05, 0) is 5.92 Å².